The summed E-state index contributed by atoms with van der Waals surface area (Å²) in [5.74, 6) is 0.150. The lowest BCUT2D eigenvalue weighted by atomic mass is 10.1. The molecule has 0 aliphatic heterocycles. The predicted octanol–water partition coefficient (Wildman–Crippen LogP) is 6.78. The lowest BCUT2D eigenvalue weighted by Gasteiger charge is -2.12. The highest BCUT2D eigenvalue weighted by atomic mass is 32.2. The molecule has 0 saturated heterocycles. The van der Waals surface area contributed by atoms with Crippen LogP contribution in [0.3, 0.4) is 0 Å². The zero-order valence-electron chi connectivity index (χ0n) is 22.3. The third-order valence-corrected chi connectivity index (χ3v) is 6.86. The number of rotatable bonds is 11. The van der Waals surface area contributed by atoms with Crippen LogP contribution < -0.4 is 15.4 Å². The summed E-state index contributed by atoms with van der Waals surface area (Å²) in [6.45, 7) is 4.44. The number of ketones is 1. The van der Waals surface area contributed by atoms with Crippen molar-refractivity contribution in [3.8, 4) is 5.75 Å². The van der Waals surface area contributed by atoms with Gasteiger partial charge in [0.15, 0.2) is 5.78 Å². The fourth-order valence-corrected chi connectivity index (χ4v) is 4.62. The monoisotopic (exact) mass is 550 g/mol. The van der Waals surface area contributed by atoms with Gasteiger partial charge in [-0.15, -0.1) is 11.8 Å². The van der Waals surface area contributed by atoms with Crippen LogP contribution in [-0.4, -0.2) is 30.0 Å². The second-order valence-electron chi connectivity index (χ2n) is 8.94. The van der Waals surface area contributed by atoms with Gasteiger partial charge in [-0.3, -0.25) is 14.4 Å². The molecule has 0 spiro atoms. The van der Waals surface area contributed by atoms with Gasteiger partial charge in [0.05, 0.1) is 12.4 Å². The average molecular weight is 551 g/mol. The molecule has 0 atom stereocenters. The van der Waals surface area contributed by atoms with Crippen molar-refractivity contribution in [1.82, 2.24) is 5.32 Å². The Balaban J connectivity index is 1.49. The summed E-state index contributed by atoms with van der Waals surface area (Å²) in [4.78, 5) is 39.7. The molecule has 6 nitrogen and oxygen atoms in total. The van der Waals surface area contributed by atoms with Gasteiger partial charge in [-0.1, -0.05) is 66.2 Å². The van der Waals surface area contributed by atoms with Crippen molar-refractivity contribution in [3.05, 3.63) is 131 Å². The second kappa shape index (κ2) is 14.0. The highest BCUT2D eigenvalue weighted by Crippen LogP contribution is 2.23. The third kappa shape index (κ3) is 8.19. The van der Waals surface area contributed by atoms with E-state index in [4.69, 9.17) is 4.74 Å². The predicted molar refractivity (Wildman–Crippen MR) is 161 cm³/mol. The van der Waals surface area contributed by atoms with E-state index < -0.39 is 11.8 Å². The van der Waals surface area contributed by atoms with Gasteiger partial charge in [-0.05, 0) is 68.0 Å². The molecule has 0 saturated carbocycles. The summed E-state index contributed by atoms with van der Waals surface area (Å²) < 4.78 is 5.50. The smallest absolute Gasteiger partial charge is 0.272 e. The van der Waals surface area contributed by atoms with Crippen molar-refractivity contribution in [2.75, 3.05) is 17.7 Å². The minimum Gasteiger partial charge on any atom is -0.494 e. The highest BCUT2D eigenvalue weighted by molar-refractivity contribution is 8.00. The highest BCUT2D eigenvalue weighted by Gasteiger charge is 2.16. The van der Waals surface area contributed by atoms with Crippen molar-refractivity contribution in [2.24, 2.45) is 0 Å². The van der Waals surface area contributed by atoms with Crippen LogP contribution in [0.25, 0.3) is 6.08 Å². The van der Waals surface area contributed by atoms with E-state index in [9.17, 15) is 14.4 Å². The van der Waals surface area contributed by atoms with Gasteiger partial charge in [0.1, 0.15) is 11.4 Å². The van der Waals surface area contributed by atoms with E-state index in [-0.39, 0.29) is 17.2 Å². The quantitative estimate of drug-likeness (QED) is 0.122. The van der Waals surface area contributed by atoms with E-state index in [1.54, 1.807) is 42.5 Å². The molecule has 0 aliphatic carbocycles. The number of hydrogen-bond acceptors (Lipinski definition) is 5. The maximum absolute atomic E-state index is 13.4. The first kappa shape index (κ1) is 28.4. The number of ether oxygens (including phenoxy) is 1. The maximum atomic E-state index is 13.4. The Kier molecular flexibility index (Phi) is 9.91. The molecule has 2 amide bonds. The van der Waals surface area contributed by atoms with Crippen LogP contribution in [0.5, 0.6) is 5.75 Å². The fraction of sp³-hybridized carbons (Fsp3) is 0.121. The molecular weight excluding hydrogens is 520 g/mol. The van der Waals surface area contributed by atoms with E-state index in [1.807, 2.05) is 80.6 Å². The van der Waals surface area contributed by atoms with Gasteiger partial charge in [-0.2, -0.15) is 0 Å². The summed E-state index contributed by atoms with van der Waals surface area (Å²) in [5, 5.41) is 5.62. The summed E-state index contributed by atoms with van der Waals surface area (Å²) in [6, 6.07) is 30.7. The largest absolute Gasteiger partial charge is 0.494 e. The first-order valence-corrected chi connectivity index (χ1v) is 13.8. The number of thioether (sulfide) groups is 1. The molecule has 4 rings (SSSR count). The van der Waals surface area contributed by atoms with Gasteiger partial charge in [0.2, 0.25) is 0 Å². The number of carbonyl (C=O) groups excluding carboxylic acids is 3. The number of nitrogens with one attached hydrogen (secondary N) is 2. The van der Waals surface area contributed by atoms with Crippen molar-refractivity contribution in [1.29, 1.82) is 0 Å². The van der Waals surface area contributed by atoms with Crippen LogP contribution in [0.2, 0.25) is 0 Å². The molecule has 0 aromatic heterocycles. The second-order valence-corrected chi connectivity index (χ2v) is 9.99. The lowest BCUT2D eigenvalue weighted by Crippen LogP contribution is -2.30. The van der Waals surface area contributed by atoms with Gasteiger partial charge in [0, 0.05) is 21.7 Å². The molecular formula is C33H30N2O4S. The van der Waals surface area contributed by atoms with Crippen LogP contribution in [0.1, 0.15) is 38.8 Å². The first-order chi connectivity index (χ1) is 19.4. The zero-order chi connectivity index (χ0) is 28.3. The van der Waals surface area contributed by atoms with Gasteiger partial charge in [-0.25, -0.2) is 0 Å². The van der Waals surface area contributed by atoms with E-state index in [2.05, 4.69) is 10.6 Å². The van der Waals surface area contributed by atoms with Crippen molar-refractivity contribution >= 4 is 41.1 Å². The Labute approximate surface area is 238 Å². The molecule has 2 N–H and O–H groups in total. The maximum Gasteiger partial charge on any atom is 0.272 e. The molecule has 0 fully saturated rings. The topological polar surface area (TPSA) is 84.5 Å². The molecule has 4 aromatic carbocycles. The first-order valence-electron chi connectivity index (χ1n) is 12.9. The normalized spacial score (nSPS) is 11.0. The Morgan fingerprint density at radius 3 is 2.25 bits per heavy atom. The molecule has 0 heterocycles. The fourth-order valence-electron chi connectivity index (χ4n) is 3.77. The standard InChI is InChI=1S/C33H30N2O4S/c1-3-39-28-18-14-24(15-19-28)20-30(35-32(37)26-8-5-4-6-9-26)33(38)34-27-10-7-11-29(21-27)40-22-31(36)25-16-12-23(2)13-17-25/h4-21H,3,22H2,1-2H3,(H,34,38)(H,35,37)/b30-20-. The number of anilines is 1. The van der Waals surface area contributed by atoms with E-state index >= 15 is 0 Å². The lowest BCUT2D eigenvalue weighted by molar-refractivity contribution is -0.113. The summed E-state index contributed by atoms with van der Waals surface area (Å²) >= 11 is 1.40. The van der Waals surface area contributed by atoms with Gasteiger partial charge < -0.3 is 15.4 Å². The zero-order valence-corrected chi connectivity index (χ0v) is 23.2. The summed E-state index contributed by atoms with van der Waals surface area (Å²) in [6.07, 6.45) is 1.62. The molecule has 202 valence electrons. The molecule has 0 aliphatic rings. The Hall–Kier alpha value is -4.62. The van der Waals surface area contributed by atoms with Crippen molar-refractivity contribution < 1.29 is 19.1 Å². The van der Waals surface area contributed by atoms with Crippen LogP contribution in [0, 0.1) is 6.92 Å². The minimum absolute atomic E-state index is 0.0311. The number of hydrogen-bond donors (Lipinski definition) is 2. The number of carbonyl (C=O) groups is 3. The van der Waals surface area contributed by atoms with Crippen molar-refractivity contribution in [2.45, 2.75) is 18.7 Å². The van der Waals surface area contributed by atoms with Gasteiger partial charge >= 0.3 is 0 Å². The summed E-state index contributed by atoms with van der Waals surface area (Å²) in [5.41, 5.74) is 3.56. The van der Waals surface area contributed by atoms with E-state index in [0.29, 0.717) is 29.2 Å². The minimum atomic E-state index is -0.476. The Morgan fingerprint density at radius 1 is 0.825 bits per heavy atom. The Morgan fingerprint density at radius 2 is 1.55 bits per heavy atom. The number of amides is 2. The molecule has 0 unspecified atom stereocenters. The molecule has 7 heteroatoms. The Bertz CT molecular complexity index is 1500. The molecule has 0 bridgehead atoms. The van der Waals surface area contributed by atoms with Crippen molar-refractivity contribution in [3.63, 3.8) is 0 Å². The van der Waals surface area contributed by atoms with Crippen LogP contribution in [-0.2, 0) is 4.79 Å². The third-order valence-electron chi connectivity index (χ3n) is 5.87. The number of Topliss-reactive ketones (excluding diaryl/α,β-unsaturated/α-hetero) is 1. The van der Waals surface area contributed by atoms with Crippen LogP contribution in [0.4, 0.5) is 5.69 Å². The van der Waals surface area contributed by atoms with E-state index in [0.717, 1.165) is 16.0 Å². The molecule has 0 radical (unpaired) electrons. The average Bonchev–Trinajstić information content (AvgIpc) is 2.97. The SMILES string of the molecule is CCOc1ccc(/C=C(\NC(=O)c2ccccc2)C(=O)Nc2cccc(SCC(=O)c3ccc(C)cc3)c2)cc1. The molecule has 40 heavy (non-hydrogen) atoms. The number of benzene rings is 4. The van der Waals surface area contributed by atoms with Crippen LogP contribution in [0.15, 0.2) is 114 Å². The number of aryl methyl sites for hydroxylation is 1. The molecule has 4 aromatic rings. The van der Waals surface area contributed by atoms with Gasteiger partial charge in [0.25, 0.3) is 11.8 Å². The summed E-state index contributed by atoms with van der Waals surface area (Å²) in [7, 11) is 0. The van der Waals surface area contributed by atoms with Crippen LogP contribution >= 0.6 is 11.8 Å². The van der Waals surface area contributed by atoms with E-state index in [1.165, 1.54) is 11.8 Å².